The molecule has 0 aromatic carbocycles. The number of rotatable bonds is 9. The molecule has 1 aliphatic heterocycles. The molecule has 7 nitrogen and oxygen atoms in total. The third-order valence-electron chi connectivity index (χ3n) is 4.48. The first-order chi connectivity index (χ1) is 13.7. The molecule has 7 heteroatoms. The predicted octanol–water partition coefficient (Wildman–Crippen LogP) is 2.40. The van der Waals surface area contributed by atoms with Gasteiger partial charge in [-0.3, -0.25) is 14.6 Å². The standard InChI is InChI=1S/C21H25N3O4/c25-20(8-7-18-5-2-12-27-18)23-11-9-21(26)24(16-19-6-3-13-28-19)15-17-4-1-10-22-14-17/h1-2,4-5,7-8,10,12,14,19H,3,6,9,11,13,15-16H2,(H,23,25)/b8-7+. The van der Waals surface area contributed by atoms with Gasteiger partial charge in [0, 0.05) is 51.1 Å². The summed E-state index contributed by atoms with van der Waals surface area (Å²) in [5.41, 5.74) is 0.972. The number of aromatic nitrogens is 1. The van der Waals surface area contributed by atoms with Crippen molar-refractivity contribution in [1.29, 1.82) is 0 Å². The second kappa shape index (κ2) is 10.4. The first-order valence-corrected chi connectivity index (χ1v) is 9.48. The summed E-state index contributed by atoms with van der Waals surface area (Å²) in [5.74, 6) is 0.322. The Kier molecular flexibility index (Phi) is 7.37. The van der Waals surface area contributed by atoms with E-state index in [0.29, 0.717) is 18.8 Å². The van der Waals surface area contributed by atoms with Crippen molar-refractivity contribution in [1.82, 2.24) is 15.2 Å². The van der Waals surface area contributed by atoms with Crippen LogP contribution >= 0.6 is 0 Å². The van der Waals surface area contributed by atoms with Gasteiger partial charge in [-0.15, -0.1) is 0 Å². The monoisotopic (exact) mass is 383 g/mol. The molecule has 1 atom stereocenters. The van der Waals surface area contributed by atoms with Gasteiger partial charge in [0.15, 0.2) is 0 Å². The normalized spacial score (nSPS) is 16.4. The Labute approximate surface area is 164 Å². The molecule has 3 rings (SSSR count). The number of ether oxygens (including phenoxy) is 1. The van der Waals surface area contributed by atoms with Crippen molar-refractivity contribution in [3.63, 3.8) is 0 Å². The van der Waals surface area contributed by atoms with Crippen LogP contribution in [-0.4, -0.2) is 47.5 Å². The zero-order chi connectivity index (χ0) is 19.6. The van der Waals surface area contributed by atoms with E-state index in [1.54, 1.807) is 41.8 Å². The van der Waals surface area contributed by atoms with E-state index in [0.717, 1.165) is 25.0 Å². The molecule has 28 heavy (non-hydrogen) atoms. The average molecular weight is 383 g/mol. The molecule has 2 aromatic heterocycles. The van der Waals surface area contributed by atoms with Crippen LogP contribution < -0.4 is 5.32 Å². The van der Waals surface area contributed by atoms with Crippen molar-refractivity contribution >= 4 is 17.9 Å². The van der Waals surface area contributed by atoms with Gasteiger partial charge in [0.25, 0.3) is 0 Å². The van der Waals surface area contributed by atoms with Gasteiger partial charge < -0.3 is 19.4 Å². The number of amides is 2. The number of pyridine rings is 1. The van der Waals surface area contributed by atoms with Crippen molar-refractivity contribution in [2.24, 2.45) is 0 Å². The fourth-order valence-corrected chi connectivity index (χ4v) is 3.05. The second-order valence-corrected chi connectivity index (χ2v) is 6.66. The molecule has 1 N–H and O–H groups in total. The number of nitrogens with zero attached hydrogens (tertiary/aromatic N) is 2. The van der Waals surface area contributed by atoms with E-state index in [2.05, 4.69) is 10.3 Å². The van der Waals surface area contributed by atoms with Crippen LogP contribution in [0.2, 0.25) is 0 Å². The third-order valence-corrected chi connectivity index (χ3v) is 4.48. The van der Waals surface area contributed by atoms with Gasteiger partial charge in [0.2, 0.25) is 11.8 Å². The highest BCUT2D eigenvalue weighted by atomic mass is 16.5. The molecular formula is C21H25N3O4. The summed E-state index contributed by atoms with van der Waals surface area (Å²) >= 11 is 0. The lowest BCUT2D eigenvalue weighted by atomic mass is 10.2. The summed E-state index contributed by atoms with van der Waals surface area (Å²) in [6.45, 7) is 2.06. The lowest BCUT2D eigenvalue weighted by Crippen LogP contribution is -2.38. The maximum absolute atomic E-state index is 12.7. The highest BCUT2D eigenvalue weighted by Gasteiger charge is 2.22. The molecule has 148 valence electrons. The SMILES string of the molecule is O=C(/C=C/c1ccco1)NCCC(=O)N(Cc1cccnc1)CC1CCCO1. The maximum atomic E-state index is 12.7. The van der Waals surface area contributed by atoms with E-state index in [-0.39, 0.29) is 30.9 Å². The fourth-order valence-electron chi connectivity index (χ4n) is 3.05. The number of carbonyl (C=O) groups excluding carboxylic acids is 2. The molecule has 1 aliphatic rings. The van der Waals surface area contributed by atoms with Crippen LogP contribution in [0.3, 0.4) is 0 Å². The summed E-state index contributed by atoms with van der Waals surface area (Å²) in [6.07, 6.45) is 10.3. The molecule has 1 saturated heterocycles. The maximum Gasteiger partial charge on any atom is 0.244 e. The van der Waals surface area contributed by atoms with Crippen LogP contribution in [0.15, 0.2) is 53.4 Å². The molecule has 2 amide bonds. The van der Waals surface area contributed by atoms with Crippen molar-refractivity contribution in [3.8, 4) is 0 Å². The van der Waals surface area contributed by atoms with Crippen molar-refractivity contribution in [2.45, 2.75) is 31.9 Å². The minimum atomic E-state index is -0.262. The lowest BCUT2D eigenvalue weighted by Gasteiger charge is -2.25. The first-order valence-electron chi connectivity index (χ1n) is 9.48. The molecule has 2 aromatic rings. The Hall–Kier alpha value is -2.93. The quantitative estimate of drug-likeness (QED) is 0.672. The van der Waals surface area contributed by atoms with E-state index in [1.165, 1.54) is 6.08 Å². The van der Waals surface area contributed by atoms with E-state index < -0.39 is 0 Å². The zero-order valence-corrected chi connectivity index (χ0v) is 15.8. The number of hydrogen-bond acceptors (Lipinski definition) is 5. The Morgan fingerprint density at radius 2 is 2.25 bits per heavy atom. The average Bonchev–Trinajstić information content (AvgIpc) is 3.41. The van der Waals surface area contributed by atoms with E-state index >= 15 is 0 Å². The molecule has 0 aliphatic carbocycles. The van der Waals surface area contributed by atoms with Gasteiger partial charge in [-0.25, -0.2) is 0 Å². The van der Waals surface area contributed by atoms with Crippen LogP contribution in [0.1, 0.15) is 30.6 Å². The van der Waals surface area contributed by atoms with Gasteiger partial charge in [0.05, 0.1) is 12.4 Å². The van der Waals surface area contributed by atoms with Crippen molar-refractivity contribution in [3.05, 3.63) is 60.3 Å². The first kappa shape index (κ1) is 19.8. The summed E-state index contributed by atoms with van der Waals surface area (Å²) in [6, 6.07) is 7.31. The zero-order valence-electron chi connectivity index (χ0n) is 15.8. The molecule has 0 bridgehead atoms. The number of furan rings is 1. The Balaban J connectivity index is 1.49. The van der Waals surface area contributed by atoms with Gasteiger partial charge >= 0.3 is 0 Å². The molecular weight excluding hydrogens is 358 g/mol. The smallest absolute Gasteiger partial charge is 0.244 e. The summed E-state index contributed by atoms with van der Waals surface area (Å²) in [5, 5.41) is 2.73. The van der Waals surface area contributed by atoms with Gasteiger partial charge in [0.1, 0.15) is 5.76 Å². The molecule has 0 radical (unpaired) electrons. The van der Waals surface area contributed by atoms with Gasteiger partial charge in [-0.1, -0.05) is 6.07 Å². The summed E-state index contributed by atoms with van der Waals surface area (Å²) < 4.78 is 10.8. The largest absolute Gasteiger partial charge is 0.465 e. The third kappa shape index (κ3) is 6.35. The molecule has 1 unspecified atom stereocenters. The van der Waals surface area contributed by atoms with Crippen molar-refractivity contribution < 1.29 is 18.7 Å². The summed E-state index contributed by atoms with van der Waals surface area (Å²) in [7, 11) is 0. The Morgan fingerprint density at radius 1 is 1.32 bits per heavy atom. The van der Waals surface area contributed by atoms with Gasteiger partial charge in [-0.05, 0) is 42.7 Å². The molecule has 0 spiro atoms. The van der Waals surface area contributed by atoms with Crippen LogP contribution in [0.5, 0.6) is 0 Å². The fraction of sp³-hybridized carbons (Fsp3) is 0.381. The minimum Gasteiger partial charge on any atom is -0.465 e. The predicted molar refractivity (Wildman–Crippen MR) is 104 cm³/mol. The van der Waals surface area contributed by atoms with Crippen LogP contribution in [0.4, 0.5) is 0 Å². The Morgan fingerprint density at radius 3 is 2.96 bits per heavy atom. The van der Waals surface area contributed by atoms with E-state index in [1.807, 2.05) is 12.1 Å². The summed E-state index contributed by atoms with van der Waals surface area (Å²) in [4.78, 5) is 30.5. The second-order valence-electron chi connectivity index (χ2n) is 6.66. The molecule has 1 fully saturated rings. The van der Waals surface area contributed by atoms with Gasteiger partial charge in [-0.2, -0.15) is 0 Å². The number of nitrogens with one attached hydrogen (secondary N) is 1. The lowest BCUT2D eigenvalue weighted by molar-refractivity contribution is -0.133. The Bertz CT molecular complexity index is 768. The van der Waals surface area contributed by atoms with E-state index in [4.69, 9.17) is 9.15 Å². The minimum absolute atomic E-state index is 0.0188. The van der Waals surface area contributed by atoms with Crippen LogP contribution in [0.25, 0.3) is 6.08 Å². The van der Waals surface area contributed by atoms with E-state index in [9.17, 15) is 9.59 Å². The highest BCUT2D eigenvalue weighted by Crippen LogP contribution is 2.15. The van der Waals surface area contributed by atoms with Crippen molar-refractivity contribution in [2.75, 3.05) is 19.7 Å². The molecule has 0 saturated carbocycles. The van der Waals surface area contributed by atoms with Crippen LogP contribution in [-0.2, 0) is 20.9 Å². The number of hydrogen-bond donors (Lipinski definition) is 1. The molecule has 3 heterocycles. The topological polar surface area (TPSA) is 84.7 Å². The highest BCUT2D eigenvalue weighted by molar-refractivity contribution is 5.91. The van der Waals surface area contributed by atoms with Crippen LogP contribution in [0, 0.1) is 0 Å². The number of carbonyl (C=O) groups is 2.